The van der Waals surface area contributed by atoms with Crippen LogP contribution >= 0.6 is 0 Å². The van der Waals surface area contributed by atoms with Crippen LogP contribution in [0, 0.1) is 0 Å². The first-order valence-corrected chi connectivity index (χ1v) is 12.9. The molecule has 4 rings (SSSR count). The van der Waals surface area contributed by atoms with Crippen molar-refractivity contribution < 1.29 is 27.8 Å². The summed E-state index contributed by atoms with van der Waals surface area (Å²) < 4.78 is 53.5. The molecule has 202 valence electrons. The summed E-state index contributed by atoms with van der Waals surface area (Å²) in [6.07, 6.45) is 1.61. The molecule has 0 amide bonds. The molecule has 0 aromatic heterocycles. The molecule has 1 aliphatic carbocycles. The highest BCUT2D eigenvalue weighted by Gasteiger charge is 2.44. The second-order valence-corrected chi connectivity index (χ2v) is 10.1. The molecular formula is C29H37F3N2O3. The minimum Gasteiger partial charge on any atom is -0.496 e. The van der Waals surface area contributed by atoms with Crippen LogP contribution in [0.15, 0.2) is 48.0 Å². The van der Waals surface area contributed by atoms with E-state index >= 15 is 0 Å². The van der Waals surface area contributed by atoms with Gasteiger partial charge in [0.2, 0.25) is 0 Å². The Bertz CT molecular complexity index is 1110. The monoisotopic (exact) mass is 518 g/mol. The van der Waals surface area contributed by atoms with E-state index < -0.39 is 25.1 Å². The Balaban J connectivity index is 1.72. The number of nitrogens with zero attached hydrogens (tertiary/aromatic N) is 1. The maximum atomic E-state index is 14.6. The second kappa shape index (κ2) is 11.9. The predicted octanol–water partition coefficient (Wildman–Crippen LogP) is 5.18. The van der Waals surface area contributed by atoms with Crippen LogP contribution < -0.4 is 14.8 Å². The molecule has 0 bridgehead atoms. The third-order valence-electron chi connectivity index (χ3n) is 7.24. The number of halogens is 3. The molecule has 3 atom stereocenters. The Kier molecular flexibility index (Phi) is 8.82. The summed E-state index contributed by atoms with van der Waals surface area (Å²) in [5.41, 5.74) is 5.43. The van der Waals surface area contributed by atoms with Crippen molar-refractivity contribution in [1.29, 1.82) is 0 Å². The van der Waals surface area contributed by atoms with Gasteiger partial charge in [0.1, 0.15) is 24.2 Å². The highest BCUT2D eigenvalue weighted by atomic mass is 19.3. The zero-order chi connectivity index (χ0) is 26.6. The number of aliphatic hydroxyl groups excluding tert-OH is 1. The van der Waals surface area contributed by atoms with Gasteiger partial charge in [0, 0.05) is 18.2 Å². The van der Waals surface area contributed by atoms with Gasteiger partial charge in [0.15, 0.2) is 0 Å². The Labute approximate surface area is 217 Å². The Morgan fingerprint density at radius 3 is 2.73 bits per heavy atom. The van der Waals surface area contributed by atoms with E-state index in [9.17, 15) is 18.3 Å². The van der Waals surface area contributed by atoms with Gasteiger partial charge < -0.3 is 19.9 Å². The smallest absolute Gasteiger partial charge is 0.283 e. The Hall–Kier alpha value is -2.55. The molecule has 0 saturated carbocycles. The molecule has 0 radical (unpaired) electrons. The largest absolute Gasteiger partial charge is 0.496 e. The van der Waals surface area contributed by atoms with E-state index in [1.165, 1.54) is 16.7 Å². The third-order valence-corrected chi connectivity index (χ3v) is 7.24. The maximum absolute atomic E-state index is 14.6. The highest BCUT2D eigenvalue weighted by molar-refractivity contribution is 5.79. The van der Waals surface area contributed by atoms with Crippen molar-refractivity contribution in [2.75, 3.05) is 40.0 Å². The van der Waals surface area contributed by atoms with E-state index in [0.29, 0.717) is 43.9 Å². The third kappa shape index (κ3) is 6.13. The molecule has 0 spiro atoms. The second-order valence-electron chi connectivity index (χ2n) is 10.1. The molecule has 1 heterocycles. The minimum absolute atomic E-state index is 0.175. The zero-order valence-electron chi connectivity index (χ0n) is 21.8. The Morgan fingerprint density at radius 2 is 2.00 bits per heavy atom. The van der Waals surface area contributed by atoms with Gasteiger partial charge in [-0.15, -0.1) is 0 Å². The summed E-state index contributed by atoms with van der Waals surface area (Å²) in [5, 5.41) is 12.6. The predicted molar refractivity (Wildman–Crippen MR) is 139 cm³/mol. The van der Waals surface area contributed by atoms with Gasteiger partial charge in [0.05, 0.1) is 26.4 Å². The van der Waals surface area contributed by atoms with E-state index in [1.54, 1.807) is 12.0 Å². The first kappa shape index (κ1) is 27.5. The molecule has 2 aromatic carbocycles. The number of ether oxygens (including phenoxy) is 2. The van der Waals surface area contributed by atoms with E-state index in [0.717, 1.165) is 11.1 Å². The molecule has 1 aliphatic heterocycles. The molecular weight excluding hydrogens is 481 g/mol. The maximum Gasteiger partial charge on any atom is 0.283 e. The number of nitrogens with one attached hydrogen (secondary N) is 1. The lowest BCUT2D eigenvalue weighted by Gasteiger charge is -2.43. The van der Waals surface area contributed by atoms with Gasteiger partial charge in [-0.1, -0.05) is 24.3 Å². The molecule has 37 heavy (non-hydrogen) atoms. The first-order chi connectivity index (χ1) is 17.8. The van der Waals surface area contributed by atoms with Crippen molar-refractivity contribution in [3.63, 3.8) is 0 Å². The van der Waals surface area contributed by atoms with Crippen molar-refractivity contribution in [2.24, 2.45) is 0 Å². The number of hydrogen-bond acceptors (Lipinski definition) is 5. The van der Waals surface area contributed by atoms with Crippen molar-refractivity contribution >= 4 is 5.57 Å². The normalized spacial score (nSPS) is 20.5. The summed E-state index contributed by atoms with van der Waals surface area (Å²) in [4.78, 5) is 1.80. The fraction of sp³-hybridized carbons (Fsp3) is 0.517. The fourth-order valence-electron chi connectivity index (χ4n) is 5.52. The lowest BCUT2D eigenvalue weighted by atomic mass is 9.84. The summed E-state index contributed by atoms with van der Waals surface area (Å²) in [5.74, 6) is -2.03. The van der Waals surface area contributed by atoms with E-state index in [2.05, 4.69) is 17.4 Å². The van der Waals surface area contributed by atoms with Crippen LogP contribution in [0.5, 0.6) is 11.5 Å². The van der Waals surface area contributed by atoms with Crippen LogP contribution in [-0.2, 0) is 6.42 Å². The molecule has 0 fully saturated rings. The van der Waals surface area contributed by atoms with E-state index in [-0.39, 0.29) is 18.8 Å². The molecule has 2 aliphatic rings. The van der Waals surface area contributed by atoms with Gasteiger partial charge in [-0.25, -0.2) is 8.78 Å². The van der Waals surface area contributed by atoms with Crippen molar-refractivity contribution in [3.8, 4) is 11.5 Å². The summed E-state index contributed by atoms with van der Waals surface area (Å²) in [6, 6.07) is 13.1. The molecule has 2 N–H and O–H groups in total. The van der Waals surface area contributed by atoms with E-state index in [1.807, 2.05) is 44.2 Å². The fourth-order valence-corrected chi connectivity index (χ4v) is 5.52. The van der Waals surface area contributed by atoms with Gasteiger partial charge in [-0.3, -0.25) is 9.29 Å². The number of alkyl halides is 3. The number of hydrogen-bond donors (Lipinski definition) is 2. The number of methoxy groups -OCH3 is 1. The van der Waals surface area contributed by atoms with E-state index in [4.69, 9.17) is 9.47 Å². The highest BCUT2D eigenvalue weighted by Crippen LogP contribution is 2.51. The van der Waals surface area contributed by atoms with Crippen molar-refractivity contribution in [1.82, 2.24) is 10.2 Å². The summed E-state index contributed by atoms with van der Waals surface area (Å²) in [6.45, 7) is 2.89. The average Bonchev–Trinajstić information content (AvgIpc) is 3.25. The standard InChI is InChI=1S/C29H37F3N2O3/c1-19-13-24-23-8-5-4-7-21(23)14-25(24)28(34(19)17-29(31,32)18-35)26-15-22(9-10-27(26)36-3)37-20(2)16-33-12-6-11-30/h4-5,7-10,15,19-20,28,33,35H,6,11-14,16-18H2,1-3H3/t19-,20-,28+/m1/s1. The number of rotatable bonds is 12. The first-order valence-electron chi connectivity index (χ1n) is 12.9. The lowest BCUT2D eigenvalue weighted by Crippen LogP contribution is -2.48. The molecule has 0 unspecified atom stereocenters. The Morgan fingerprint density at radius 1 is 1.22 bits per heavy atom. The van der Waals surface area contributed by atoms with Crippen LogP contribution in [0.25, 0.3) is 5.57 Å². The number of benzene rings is 2. The summed E-state index contributed by atoms with van der Waals surface area (Å²) >= 11 is 0. The van der Waals surface area contributed by atoms with Crippen LogP contribution in [0.3, 0.4) is 0 Å². The number of fused-ring (bicyclic) bond motifs is 2. The number of aliphatic hydroxyl groups is 1. The average molecular weight is 519 g/mol. The summed E-state index contributed by atoms with van der Waals surface area (Å²) in [7, 11) is 1.58. The van der Waals surface area contributed by atoms with Gasteiger partial charge in [-0.2, -0.15) is 0 Å². The topological polar surface area (TPSA) is 54.0 Å². The lowest BCUT2D eigenvalue weighted by molar-refractivity contribution is -0.0858. The van der Waals surface area contributed by atoms with Crippen LogP contribution in [0.4, 0.5) is 13.2 Å². The quantitative estimate of drug-likeness (QED) is 0.379. The zero-order valence-corrected chi connectivity index (χ0v) is 21.8. The van der Waals surface area contributed by atoms with Gasteiger partial charge in [-0.05, 0) is 80.1 Å². The molecule has 5 nitrogen and oxygen atoms in total. The molecule has 0 saturated heterocycles. The van der Waals surface area contributed by atoms with Gasteiger partial charge >= 0.3 is 0 Å². The molecule has 8 heteroatoms. The molecule has 2 aromatic rings. The minimum atomic E-state index is -3.24. The SMILES string of the molecule is COc1ccc(O[C@H](C)CNCCCF)cc1[C@@H]1C2=C(C[C@@H](C)N1CC(F)(F)CO)c1ccccc1C2. The van der Waals surface area contributed by atoms with Crippen molar-refractivity contribution in [2.45, 2.75) is 57.2 Å². The van der Waals surface area contributed by atoms with Gasteiger partial charge in [0.25, 0.3) is 5.92 Å². The van der Waals surface area contributed by atoms with Crippen molar-refractivity contribution in [3.05, 3.63) is 64.7 Å². The van der Waals surface area contributed by atoms with Crippen LogP contribution in [0.1, 0.15) is 49.4 Å². The van der Waals surface area contributed by atoms with Crippen LogP contribution in [0.2, 0.25) is 0 Å². The van der Waals surface area contributed by atoms with Crippen LogP contribution in [-0.4, -0.2) is 68.1 Å².